The van der Waals surface area contributed by atoms with Crippen molar-refractivity contribution in [2.75, 3.05) is 40.8 Å². The lowest BCUT2D eigenvalue weighted by Crippen LogP contribution is -2.46. The number of piperidine rings is 1. The smallest absolute Gasteiger partial charge is 0.253 e. The van der Waals surface area contributed by atoms with Crippen molar-refractivity contribution in [1.29, 1.82) is 0 Å². The highest BCUT2D eigenvalue weighted by atomic mass is 127. The molecule has 0 unspecified atom stereocenters. The number of likely N-dealkylation sites (tertiary alicyclic amines) is 1. The maximum absolute atomic E-state index is 11.9. The number of carbonyl (C=O) groups is 1. The Morgan fingerprint density at radius 2 is 1.88 bits per heavy atom. The second kappa shape index (κ2) is 11.4. The zero-order valence-corrected chi connectivity index (χ0v) is 18.5. The molecule has 0 aromatic heterocycles. The minimum Gasteiger partial charge on any atom is -0.378 e. The molecule has 1 heterocycles. The highest BCUT2D eigenvalue weighted by Crippen LogP contribution is 2.14. The molecule has 1 aliphatic rings. The Labute approximate surface area is 174 Å². The molecule has 146 valence electrons. The summed E-state index contributed by atoms with van der Waals surface area (Å²) in [5.74, 6) is 0.941. The zero-order chi connectivity index (χ0) is 18.2. The number of aliphatic imine (C=N–C) groups is 1. The van der Waals surface area contributed by atoms with E-state index in [0.29, 0.717) is 18.2 Å². The number of halogens is 1. The van der Waals surface area contributed by atoms with Gasteiger partial charge < -0.3 is 19.9 Å². The van der Waals surface area contributed by atoms with Crippen LogP contribution in [-0.2, 0) is 11.3 Å². The van der Waals surface area contributed by atoms with E-state index in [9.17, 15) is 4.79 Å². The Hall–Kier alpha value is -1.35. The van der Waals surface area contributed by atoms with Gasteiger partial charge in [-0.3, -0.25) is 9.79 Å². The van der Waals surface area contributed by atoms with E-state index in [1.165, 1.54) is 0 Å². The van der Waals surface area contributed by atoms with Gasteiger partial charge in [0, 0.05) is 52.9 Å². The van der Waals surface area contributed by atoms with Crippen LogP contribution in [-0.4, -0.2) is 68.6 Å². The Morgan fingerprint density at radius 3 is 2.38 bits per heavy atom. The summed E-state index contributed by atoms with van der Waals surface area (Å²) in [4.78, 5) is 20.2. The van der Waals surface area contributed by atoms with Crippen molar-refractivity contribution in [2.45, 2.75) is 32.4 Å². The predicted octanol–water partition coefficient (Wildman–Crippen LogP) is 2.58. The fourth-order valence-corrected chi connectivity index (χ4v) is 3.01. The van der Waals surface area contributed by atoms with E-state index >= 15 is 0 Å². The Bertz CT molecular complexity index is 582. The molecule has 0 atom stereocenters. The molecule has 1 saturated heterocycles. The van der Waals surface area contributed by atoms with Crippen molar-refractivity contribution in [3.63, 3.8) is 0 Å². The lowest BCUT2D eigenvalue weighted by Gasteiger charge is -2.34. The second-order valence-electron chi connectivity index (χ2n) is 6.44. The number of rotatable bonds is 5. The highest BCUT2D eigenvalue weighted by molar-refractivity contribution is 14.0. The summed E-state index contributed by atoms with van der Waals surface area (Å²) < 4.78 is 5.70. The van der Waals surface area contributed by atoms with Gasteiger partial charge in [0.05, 0.1) is 6.10 Å². The van der Waals surface area contributed by atoms with Crippen LogP contribution in [0.3, 0.4) is 0 Å². The maximum Gasteiger partial charge on any atom is 0.253 e. The van der Waals surface area contributed by atoms with Crippen molar-refractivity contribution in [2.24, 2.45) is 4.99 Å². The number of nitrogens with one attached hydrogen (secondary N) is 1. The summed E-state index contributed by atoms with van der Waals surface area (Å²) in [6.07, 6.45) is 2.45. The summed E-state index contributed by atoms with van der Waals surface area (Å²) >= 11 is 0. The van der Waals surface area contributed by atoms with Gasteiger partial charge >= 0.3 is 0 Å². The van der Waals surface area contributed by atoms with E-state index in [2.05, 4.69) is 15.2 Å². The molecule has 1 amide bonds. The first kappa shape index (κ1) is 22.7. The summed E-state index contributed by atoms with van der Waals surface area (Å²) in [6, 6.07) is 7.71. The van der Waals surface area contributed by atoms with Crippen LogP contribution in [0.5, 0.6) is 0 Å². The van der Waals surface area contributed by atoms with Gasteiger partial charge in [0.1, 0.15) is 0 Å². The van der Waals surface area contributed by atoms with Gasteiger partial charge in [0.2, 0.25) is 0 Å². The molecule has 1 aliphatic heterocycles. The van der Waals surface area contributed by atoms with Gasteiger partial charge in [0.15, 0.2) is 5.96 Å². The highest BCUT2D eigenvalue weighted by Gasteiger charge is 2.21. The topological polar surface area (TPSA) is 57.2 Å². The zero-order valence-electron chi connectivity index (χ0n) is 16.2. The number of benzene rings is 1. The number of guanidine groups is 1. The number of nitrogens with zero attached hydrogens (tertiary/aromatic N) is 3. The summed E-state index contributed by atoms with van der Waals surface area (Å²) in [6.45, 7) is 5.43. The Kier molecular flexibility index (Phi) is 9.93. The van der Waals surface area contributed by atoms with Crippen LogP contribution in [0, 0.1) is 0 Å². The molecule has 7 heteroatoms. The molecule has 0 radical (unpaired) electrons. The second-order valence-corrected chi connectivity index (χ2v) is 6.44. The van der Waals surface area contributed by atoms with Gasteiger partial charge in [0.25, 0.3) is 5.91 Å². The standard InChI is InChI=1S/C19H30N4O2.HI/c1-5-25-17-10-12-23(13-11-17)19(20-2)21-14-15-6-8-16(9-7-15)18(24)22(3)4;/h6-9,17H,5,10-14H2,1-4H3,(H,20,21);1H. The monoisotopic (exact) mass is 474 g/mol. The molecular weight excluding hydrogens is 443 g/mol. The molecule has 2 rings (SSSR count). The first-order valence-corrected chi connectivity index (χ1v) is 8.93. The van der Waals surface area contributed by atoms with Gasteiger partial charge in [-0.15, -0.1) is 24.0 Å². The quantitative estimate of drug-likeness (QED) is 0.405. The minimum absolute atomic E-state index is 0. The summed E-state index contributed by atoms with van der Waals surface area (Å²) in [5, 5.41) is 3.41. The summed E-state index contributed by atoms with van der Waals surface area (Å²) in [5.41, 5.74) is 1.83. The van der Waals surface area contributed by atoms with Crippen LogP contribution in [0.4, 0.5) is 0 Å². The molecule has 26 heavy (non-hydrogen) atoms. The first-order chi connectivity index (χ1) is 12.0. The third kappa shape index (κ3) is 6.42. The molecule has 0 bridgehead atoms. The van der Waals surface area contributed by atoms with Gasteiger partial charge in [-0.25, -0.2) is 0 Å². The molecule has 0 aliphatic carbocycles. The van der Waals surface area contributed by atoms with Crippen molar-refractivity contribution >= 4 is 35.8 Å². The number of ether oxygens (including phenoxy) is 1. The Morgan fingerprint density at radius 1 is 1.27 bits per heavy atom. The molecule has 1 N–H and O–H groups in total. The number of hydrogen-bond donors (Lipinski definition) is 1. The third-order valence-electron chi connectivity index (χ3n) is 4.41. The van der Waals surface area contributed by atoms with Crippen LogP contribution >= 0.6 is 24.0 Å². The van der Waals surface area contributed by atoms with E-state index in [-0.39, 0.29) is 29.9 Å². The fraction of sp³-hybridized carbons (Fsp3) is 0.579. The lowest BCUT2D eigenvalue weighted by atomic mass is 10.1. The summed E-state index contributed by atoms with van der Waals surface area (Å²) in [7, 11) is 5.34. The average molecular weight is 474 g/mol. The van der Waals surface area contributed by atoms with Crippen LogP contribution in [0.1, 0.15) is 35.7 Å². The van der Waals surface area contributed by atoms with Crippen molar-refractivity contribution in [1.82, 2.24) is 15.1 Å². The van der Waals surface area contributed by atoms with Crippen molar-refractivity contribution < 1.29 is 9.53 Å². The lowest BCUT2D eigenvalue weighted by molar-refractivity contribution is 0.0263. The predicted molar refractivity (Wildman–Crippen MR) is 116 cm³/mol. The van der Waals surface area contributed by atoms with Crippen molar-refractivity contribution in [3.8, 4) is 0 Å². The van der Waals surface area contributed by atoms with E-state index in [0.717, 1.165) is 44.1 Å². The largest absolute Gasteiger partial charge is 0.378 e. The minimum atomic E-state index is 0. The average Bonchev–Trinajstić information content (AvgIpc) is 2.63. The molecule has 1 aromatic carbocycles. The number of hydrogen-bond acceptors (Lipinski definition) is 3. The molecule has 0 saturated carbocycles. The van der Waals surface area contributed by atoms with Crippen LogP contribution in [0.15, 0.2) is 29.3 Å². The van der Waals surface area contributed by atoms with E-state index < -0.39 is 0 Å². The van der Waals surface area contributed by atoms with Gasteiger partial charge in [-0.2, -0.15) is 0 Å². The number of amides is 1. The van der Waals surface area contributed by atoms with E-state index in [4.69, 9.17) is 4.74 Å². The van der Waals surface area contributed by atoms with E-state index in [1.807, 2.05) is 38.2 Å². The van der Waals surface area contributed by atoms with Crippen LogP contribution in [0.25, 0.3) is 0 Å². The number of carbonyl (C=O) groups excluding carboxylic acids is 1. The van der Waals surface area contributed by atoms with E-state index in [1.54, 1.807) is 19.0 Å². The molecule has 1 fully saturated rings. The molecular formula is C19H31IN4O2. The fourth-order valence-electron chi connectivity index (χ4n) is 3.01. The van der Waals surface area contributed by atoms with Crippen molar-refractivity contribution in [3.05, 3.63) is 35.4 Å². The van der Waals surface area contributed by atoms with Crippen LogP contribution < -0.4 is 5.32 Å². The Balaban J connectivity index is 0.00000338. The van der Waals surface area contributed by atoms with Gasteiger partial charge in [-0.05, 0) is 37.5 Å². The van der Waals surface area contributed by atoms with Gasteiger partial charge in [-0.1, -0.05) is 12.1 Å². The normalized spacial score (nSPS) is 15.4. The van der Waals surface area contributed by atoms with Crippen LogP contribution in [0.2, 0.25) is 0 Å². The molecule has 6 nitrogen and oxygen atoms in total. The molecule has 0 spiro atoms. The third-order valence-corrected chi connectivity index (χ3v) is 4.41. The first-order valence-electron chi connectivity index (χ1n) is 8.93. The maximum atomic E-state index is 11.9. The SMILES string of the molecule is CCOC1CCN(C(=NC)NCc2ccc(C(=O)N(C)C)cc2)CC1.I. The molecule has 1 aromatic rings.